The largest absolute Gasteiger partial charge is 0.389 e. The molecule has 178 valence electrons. The average Bonchev–Trinajstić information content (AvgIpc) is 2.78. The number of carbonyl (C=O) groups is 1. The smallest absolute Gasteiger partial charge is 0.222 e. The predicted molar refractivity (Wildman–Crippen MR) is 122 cm³/mol. The molecule has 7 nitrogen and oxygen atoms in total. The monoisotopic (exact) mass is 466 g/mol. The summed E-state index contributed by atoms with van der Waals surface area (Å²) in [7, 11) is 0. The van der Waals surface area contributed by atoms with Crippen molar-refractivity contribution in [1.82, 2.24) is 10.2 Å². The molecule has 1 aromatic carbocycles. The Morgan fingerprint density at radius 2 is 1.88 bits per heavy atom. The van der Waals surface area contributed by atoms with Crippen LogP contribution in [0.15, 0.2) is 24.3 Å². The van der Waals surface area contributed by atoms with Crippen molar-refractivity contribution in [1.29, 1.82) is 0 Å². The van der Waals surface area contributed by atoms with E-state index in [0.717, 1.165) is 51.0 Å². The summed E-state index contributed by atoms with van der Waals surface area (Å²) in [5, 5.41) is 14.0. The molecule has 3 aliphatic rings. The molecule has 4 rings (SSSR count). The van der Waals surface area contributed by atoms with Crippen LogP contribution < -0.4 is 5.32 Å². The Bertz CT molecular complexity index is 728. The SMILES string of the molecule is O=C(C[C@H]1CC[C@H]2[C@@H](COC[C@@H](O)CN2CC2CCOCC2)O1)NCc1ccc(Cl)cc1. The molecule has 0 aliphatic carbocycles. The van der Waals surface area contributed by atoms with Crippen LogP contribution in [-0.2, 0) is 25.5 Å². The van der Waals surface area contributed by atoms with Crippen LogP contribution in [0.4, 0.5) is 0 Å². The van der Waals surface area contributed by atoms with Gasteiger partial charge < -0.3 is 24.6 Å². The van der Waals surface area contributed by atoms with E-state index in [2.05, 4.69) is 10.2 Å². The van der Waals surface area contributed by atoms with Gasteiger partial charge in [-0.2, -0.15) is 0 Å². The maximum atomic E-state index is 12.5. The standard InChI is InChI=1S/C24H35ClN2O5/c25-19-3-1-17(2-4-19)12-26-24(29)11-21-5-6-22-23(32-21)16-31-15-20(28)14-27(22)13-18-7-9-30-10-8-18/h1-4,18,20-23,28H,5-16H2,(H,26,29)/t20-,21+,22-,23+/m0/s1. The molecule has 0 bridgehead atoms. The Balaban J connectivity index is 1.29. The van der Waals surface area contributed by atoms with Crippen LogP contribution in [-0.4, -0.2) is 79.8 Å². The van der Waals surface area contributed by atoms with E-state index in [1.165, 1.54) is 0 Å². The Hall–Kier alpha value is -1.22. The number of nitrogens with one attached hydrogen (secondary N) is 1. The van der Waals surface area contributed by atoms with E-state index in [4.69, 9.17) is 25.8 Å². The van der Waals surface area contributed by atoms with Gasteiger partial charge in [0.25, 0.3) is 0 Å². The van der Waals surface area contributed by atoms with E-state index in [1.54, 1.807) is 0 Å². The van der Waals surface area contributed by atoms with Crippen LogP contribution in [0, 0.1) is 5.92 Å². The number of hydrogen-bond donors (Lipinski definition) is 2. The van der Waals surface area contributed by atoms with Gasteiger partial charge in [-0.25, -0.2) is 0 Å². The summed E-state index contributed by atoms with van der Waals surface area (Å²) < 4.78 is 17.6. The third-order valence-electron chi connectivity index (χ3n) is 6.74. The van der Waals surface area contributed by atoms with Crippen LogP contribution in [0.5, 0.6) is 0 Å². The highest BCUT2D eigenvalue weighted by Crippen LogP contribution is 2.29. The fraction of sp³-hybridized carbons (Fsp3) is 0.708. The van der Waals surface area contributed by atoms with E-state index < -0.39 is 6.10 Å². The lowest BCUT2D eigenvalue weighted by Gasteiger charge is -2.45. The van der Waals surface area contributed by atoms with Crippen LogP contribution in [0.25, 0.3) is 0 Å². The first-order valence-electron chi connectivity index (χ1n) is 11.8. The zero-order valence-corrected chi connectivity index (χ0v) is 19.3. The molecule has 8 heteroatoms. The summed E-state index contributed by atoms with van der Waals surface area (Å²) >= 11 is 5.92. The van der Waals surface area contributed by atoms with Crippen LogP contribution in [0.1, 0.15) is 37.7 Å². The zero-order valence-electron chi connectivity index (χ0n) is 18.6. The third kappa shape index (κ3) is 6.89. The maximum absolute atomic E-state index is 12.5. The van der Waals surface area contributed by atoms with E-state index >= 15 is 0 Å². The predicted octanol–water partition coefficient (Wildman–Crippen LogP) is 2.38. The molecule has 4 atom stereocenters. The highest BCUT2D eigenvalue weighted by atomic mass is 35.5. The first-order valence-corrected chi connectivity index (χ1v) is 12.2. The van der Waals surface area contributed by atoms with Crippen LogP contribution in [0.3, 0.4) is 0 Å². The molecule has 1 aromatic rings. The molecule has 0 unspecified atom stereocenters. The summed E-state index contributed by atoms with van der Waals surface area (Å²) in [6.07, 6.45) is 3.58. The van der Waals surface area contributed by atoms with Crippen molar-refractivity contribution < 1.29 is 24.1 Å². The molecule has 3 saturated heterocycles. The molecule has 0 aromatic heterocycles. The average molecular weight is 467 g/mol. The van der Waals surface area contributed by atoms with E-state index in [1.807, 2.05) is 24.3 Å². The number of rotatable bonds is 6. The van der Waals surface area contributed by atoms with Gasteiger partial charge in [0.2, 0.25) is 5.91 Å². The van der Waals surface area contributed by atoms with E-state index in [0.29, 0.717) is 43.7 Å². The number of carbonyl (C=O) groups excluding carboxylic acids is 1. The Kier molecular flexibility index (Phi) is 8.80. The Labute approximate surface area is 195 Å². The quantitative estimate of drug-likeness (QED) is 0.670. The molecule has 0 radical (unpaired) electrons. The van der Waals surface area contributed by atoms with Gasteiger partial charge in [-0.15, -0.1) is 0 Å². The van der Waals surface area contributed by atoms with Gasteiger partial charge in [-0.3, -0.25) is 9.69 Å². The highest BCUT2D eigenvalue weighted by molar-refractivity contribution is 6.30. The third-order valence-corrected chi connectivity index (χ3v) is 6.99. The van der Waals surface area contributed by atoms with Gasteiger partial charge in [0.05, 0.1) is 37.9 Å². The van der Waals surface area contributed by atoms with Crippen molar-refractivity contribution in [3.05, 3.63) is 34.9 Å². The fourth-order valence-electron chi connectivity index (χ4n) is 5.00. The van der Waals surface area contributed by atoms with Crippen molar-refractivity contribution in [3.8, 4) is 0 Å². The number of fused-ring (bicyclic) bond motifs is 1. The lowest BCUT2D eigenvalue weighted by Crippen LogP contribution is -2.57. The summed E-state index contributed by atoms with van der Waals surface area (Å²) in [6, 6.07) is 7.69. The summed E-state index contributed by atoms with van der Waals surface area (Å²) in [5.41, 5.74) is 1.02. The molecule has 3 aliphatic heterocycles. The van der Waals surface area contributed by atoms with Gasteiger partial charge in [-0.05, 0) is 49.3 Å². The molecule has 0 spiro atoms. The molecule has 3 fully saturated rings. The Morgan fingerprint density at radius 3 is 2.66 bits per heavy atom. The zero-order chi connectivity index (χ0) is 22.3. The number of benzene rings is 1. The molecule has 0 saturated carbocycles. The summed E-state index contributed by atoms with van der Waals surface area (Å²) in [4.78, 5) is 14.9. The number of β-amino-alcohol motifs (C(OH)–C–C–N with tert-alkyl or cyclic N) is 1. The first-order chi connectivity index (χ1) is 15.6. The number of amides is 1. The summed E-state index contributed by atoms with van der Waals surface area (Å²) in [6.45, 7) is 4.46. The van der Waals surface area contributed by atoms with Crippen LogP contribution in [0.2, 0.25) is 5.02 Å². The van der Waals surface area contributed by atoms with Gasteiger partial charge >= 0.3 is 0 Å². The number of aliphatic hydroxyl groups excluding tert-OH is 1. The lowest BCUT2D eigenvalue weighted by molar-refractivity contribution is -0.159. The number of halogens is 1. The highest BCUT2D eigenvalue weighted by Gasteiger charge is 2.38. The minimum absolute atomic E-state index is 0.00959. The van der Waals surface area contributed by atoms with Gasteiger partial charge in [0.1, 0.15) is 0 Å². The van der Waals surface area contributed by atoms with Crippen molar-refractivity contribution in [2.24, 2.45) is 5.92 Å². The van der Waals surface area contributed by atoms with Gasteiger partial charge in [-0.1, -0.05) is 23.7 Å². The molecule has 1 amide bonds. The number of ether oxygens (including phenoxy) is 3. The number of aliphatic hydroxyl groups is 1. The maximum Gasteiger partial charge on any atom is 0.222 e. The molecule has 32 heavy (non-hydrogen) atoms. The lowest BCUT2D eigenvalue weighted by atomic mass is 9.92. The van der Waals surface area contributed by atoms with Gasteiger partial charge in [0, 0.05) is 43.9 Å². The molecule has 2 N–H and O–H groups in total. The van der Waals surface area contributed by atoms with E-state index in [-0.39, 0.29) is 24.2 Å². The molecular weight excluding hydrogens is 432 g/mol. The minimum Gasteiger partial charge on any atom is -0.389 e. The molecular formula is C24H35ClN2O5. The van der Waals surface area contributed by atoms with Gasteiger partial charge in [0.15, 0.2) is 0 Å². The minimum atomic E-state index is -0.479. The van der Waals surface area contributed by atoms with Crippen molar-refractivity contribution in [3.63, 3.8) is 0 Å². The van der Waals surface area contributed by atoms with E-state index in [9.17, 15) is 9.90 Å². The number of nitrogens with zero attached hydrogens (tertiary/aromatic N) is 1. The Morgan fingerprint density at radius 1 is 1.09 bits per heavy atom. The second kappa shape index (κ2) is 11.8. The first kappa shape index (κ1) is 23.9. The summed E-state index contributed by atoms with van der Waals surface area (Å²) in [5.74, 6) is 0.581. The molecule has 3 heterocycles. The fourth-order valence-corrected chi connectivity index (χ4v) is 5.12. The normalized spacial score (nSPS) is 30.2. The van der Waals surface area contributed by atoms with Crippen LogP contribution >= 0.6 is 11.6 Å². The topological polar surface area (TPSA) is 80.3 Å². The number of hydrogen-bond acceptors (Lipinski definition) is 6. The second-order valence-electron chi connectivity index (χ2n) is 9.25. The second-order valence-corrected chi connectivity index (χ2v) is 9.69. The van der Waals surface area contributed by atoms with Crippen molar-refractivity contribution in [2.75, 3.05) is 39.5 Å². The van der Waals surface area contributed by atoms with Crippen molar-refractivity contribution >= 4 is 17.5 Å². The van der Waals surface area contributed by atoms with Crippen molar-refractivity contribution in [2.45, 2.75) is 63.0 Å².